The summed E-state index contributed by atoms with van der Waals surface area (Å²) in [5, 5.41) is 13.0. The molecule has 12 heteroatoms. The number of nitrogens with one attached hydrogen (secondary N) is 2. The highest BCUT2D eigenvalue weighted by atomic mass is 32.2. The number of anilines is 1. The monoisotopic (exact) mass is 590 g/mol. The third-order valence-electron chi connectivity index (χ3n) is 7.79. The van der Waals surface area contributed by atoms with E-state index in [1.807, 2.05) is 6.92 Å². The number of hydrogen-bond donors (Lipinski definition) is 3. The lowest BCUT2D eigenvalue weighted by molar-refractivity contribution is 0.0368. The van der Waals surface area contributed by atoms with Gasteiger partial charge < -0.3 is 25.0 Å². The second-order valence-electron chi connectivity index (χ2n) is 11.0. The van der Waals surface area contributed by atoms with Gasteiger partial charge in [0.2, 0.25) is 0 Å². The van der Waals surface area contributed by atoms with Crippen molar-refractivity contribution in [1.82, 2.24) is 15.1 Å². The molecule has 1 saturated carbocycles. The van der Waals surface area contributed by atoms with Crippen molar-refractivity contribution < 1.29 is 32.2 Å². The van der Waals surface area contributed by atoms with Gasteiger partial charge in [0.25, 0.3) is 15.9 Å². The van der Waals surface area contributed by atoms with Gasteiger partial charge >= 0.3 is 6.03 Å². The molecule has 2 aliphatic rings. The van der Waals surface area contributed by atoms with E-state index >= 15 is 0 Å². The molecule has 3 atom stereocenters. The van der Waals surface area contributed by atoms with E-state index in [1.54, 1.807) is 23.8 Å². The largest absolute Gasteiger partial charge is 0.485 e. The van der Waals surface area contributed by atoms with Crippen LogP contribution in [-0.4, -0.2) is 80.2 Å². The average Bonchev–Trinajstić information content (AvgIpc) is 2.95. The van der Waals surface area contributed by atoms with E-state index in [-0.39, 0.29) is 59.6 Å². The molecule has 1 aliphatic heterocycles. The Hall–Kier alpha value is -3.38. The van der Waals surface area contributed by atoms with Crippen LogP contribution in [0.1, 0.15) is 56.3 Å². The third kappa shape index (κ3) is 7.28. The first-order valence-electron chi connectivity index (χ1n) is 14.0. The number of aliphatic hydroxyl groups is 1. The normalized spacial score (nSPS) is 20.7. The van der Waals surface area contributed by atoms with E-state index < -0.39 is 33.9 Å². The van der Waals surface area contributed by atoms with Gasteiger partial charge in [-0.15, -0.1) is 0 Å². The molecule has 0 aromatic heterocycles. The molecule has 0 spiro atoms. The van der Waals surface area contributed by atoms with Crippen molar-refractivity contribution in [2.45, 2.75) is 69.0 Å². The fourth-order valence-electron chi connectivity index (χ4n) is 5.24. The van der Waals surface area contributed by atoms with Crippen molar-refractivity contribution in [2.75, 3.05) is 31.5 Å². The number of halogens is 1. The minimum Gasteiger partial charge on any atom is -0.485 e. The standard InChI is InChI=1S/C29H39FN4O6S/c1-19-16-34(20(2)18-35)28(36)24-10-7-11-25(32-41(38,39)23-14-12-21(30)13-15-23)27(24)40-26(19)17-33(3)29(37)31-22-8-5-4-6-9-22/h7,10-15,19-20,22,26,32,35H,4-6,8-9,16-18H2,1-3H3,(H,31,37)/t19-,20+,26-/m1/s1. The van der Waals surface area contributed by atoms with Gasteiger partial charge in [-0.1, -0.05) is 32.3 Å². The van der Waals surface area contributed by atoms with Gasteiger partial charge in [0.15, 0.2) is 5.75 Å². The van der Waals surface area contributed by atoms with E-state index in [9.17, 15) is 27.5 Å². The molecule has 4 rings (SSSR count). The first kappa shape index (κ1) is 30.6. The summed E-state index contributed by atoms with van der Waals surface area (Å²) in [5.74, 6) is -1.25. The molecule has 10 nitrogen and oxygen atoms in total. The molecule has 2 aromatic carbocycles. The fraction of sp³-hybridized carbons (Fsp3) is 0.517. The molecule has 41 heavy (non-hydrogen) atoms. The molecule has 3 amide bonds. The number of amides is 3. The first-order valence-corrected chi connectivity index (χ1v) is 15.5. The molecule has 0 unspecified atom stereocenters. The van der Waals surface area contributed by atoms with Crippen molar-refractivity contribution in [3.63, 3.8) is 0 Å². The Morgan fingerprint density at radius 2 is 1.85 bits per heavy atom. The maximum atomic E-state index is 13.7. The third-order valence-corrected chi connectivity index (χ3v) is 9.17. The fourth-order valence-corrected chi connectivity index (χ4v) is 6.31. The number of para-hydroxylation sites is 1. The summed E-state index contributed by atoms with van der Waals surface area (Å²) in [4.78, 5) is 29.6. The van der Waals surface area contributed by atoms with Crippen molar-refractivity contribution in [3.05, 3.63) is 53.8 Å². The minimum atomic E-state index is -4.16. The van der Waals surface area contributed by atoms with Crippen LogP contribution in [-0.2, 0) is 10.0 Å². The molecule has 2 aromatic rings. The summed E-state index contributed by atoms with van der Waals surface area (Å²) in [6.45, 7) is 3.78. The van der Waals surface area contributed by atoms with Crippen LogP contribution in [0.15, 0.2) is 47.4 Å². The van der Waals surface area contributed by atoms with Gasteiger partial charge in [-0.25, -0.2) is 17.6 Å². The highest BCUT2D eigenvalue weighted by Gasteiger charge is 2.35. The zero-order chi connectivity index (χ0) is 29.7. The molecule has 0 saturated heterocycles. The smallest absolute Gasteiger partial charge is 0.317 e. The van der Waals surface area contributed by atoms with Gasteiger partial charge in [-0.05, 0) is 56.2 Å². The molecule has 1 heterocycles. The van der Waals surface area contributed by atoms with Crippen LogP contribution in [0.5, 0.6) is 5.75 Å². The number of nitrogens with zero attached hydrogens (tertiary/aromatic N) is 2. The predicted molar refractivity (Wildman–Crippen MR) is 153 cm³/mol. The molecule has 224 valence electrons. The van der Waals surface area contributed by atoms with Gasteiger partial charge in [-0.3, -0.25) is 9.52 Å². The summed E-state index contributed by atoms with van der Waals surface area (Å²) in [7, 11) is -2.48. The number of sulfonamides is 1. The summed E-state index contributed by atoms with van der Waals surface area (Å²) in [5.41, 5.74) is 0.154. The summed E-state index contributed by atoms with van der Waals surface area (Å²) >= 11 is 0. The zero-order valence-electron chi connectivity index (χ0n) is 23.7. The number of rotatable bonds is 8. The van der Waals surface area contributed by atoms with Crippen LogP contribution in [0.3, 0.4) is 0 Å². The molecular formula is C29H39FN4O6S. The number of urea groups is 1. The van der Waals surface area contributed by atoms with Gasteiger partial charge in [0.05, 0.1) is 35.3 Å². The maximum absolute atomic E-state index is 13.7. The number of ether oxygens (including phenoxy) is 1. The van der Waals surface area contributed by atoms with E-state index in [0.29, 0.717) is 0 Å². The Morgan fingerprint density at radius 1 is 1.17 bits per heavy atom. The van der Waals surface area contributed by atoms with E-state index in [0.717, 1.165) is 49.9 Å². The van der Waals surface area contributed by atoms with E-state index in [4.69, 9.17) is 4.74 Å². The highest BCUT2D eigenvalue weighted by Crippen LogP contribution is 2.36. The van der Waals surface area contributed by atoms with Crippen molar-refractivity contribution in [3.8, 4) is 5.75 Å². The number of benzene rings is 2. The number of aliphatic hydroxyl groups excluding tert-OH is 1. The average molecular weight is 591 g/mol. The molecule has 0 bridgehead atoms. The van der Waals surface area contributed by atoms with E-state index in [1.165, 1.54) is 24.6 Å². The molecule has 1 fully saturated rings. The zero-order valence-corrected chi connectivity index (χ0v) is 24.5. The Balaban J connectivity index is 1.66. The number of fused-ring (bicyclic) bond motifs is 1. The second-order valence-corrected chi connectivity index (χ2v) is 12.7. The topological polar surface area (TPSA) is 128 Å². The number of carbonyl (C=O) groups excluding carboxylic acids is 2. The molecule has 0 radical (unpaired) electrons. The summed E-state index contributed by atoms with van der Waals surface area (Å²) in [6.07, 6.45) is 4.60. The lowest BCUT2D eigenvalue weighted by atomic mass is 9.96. The van der Waals surface area contributed by atoms with Crippen LogP contribution < -0.4 is 14.8 Å². The number of hydrogen-bond acceptors (Lipinski definition) is 6. The Morgan fingerprint density at radius 3 is 2.51 bits per heavy atom. The van der Waals surface area contributed by atoms with Crippen LogP contribution in [0.4, 0.5) is 14.9 Å². The lowest BCUT2D eigenvalue weighted by Crippen LogP contribution is -2.52. The minimum absolute atomic E-state index is 0.0240. The van der Waals surface area contributed by atoms with Crippen LogP contribution in [0.25, 0.3) is 0 Å². The van der Waals surface area contributed by atoms with Crippen LogP contribution in [0, 0.1) is 11.7 Å². The molecular weight excluding hydrogens is 551 g/mol. The lowest BCUT2D eigenvalue weighted by Gasteiger charge is -2.38. The number of carbonyl (C=O) groups is 2. The van der Waals surface area contributed by atoms with E-state index in [2.05, 4.69) is 10.0 Å². The van der Waals surface area contributed by atoms with Gasteiger partial charge in [0.1, 0.15) is 11.9 Å². The quantitative estimate of drug-likeness (QED) is 0.429. The first-order chi connectivity index (χ1) is 19.5. The highest BCUT2D eigenvalue weighted by molar-refractivity contribution is 7.92. The number of likely N-dealkylation sites (N-methyl/N-ethyl adjacent to an activating group) is 1. The second kappa shape index (κ2) is 13.1. The Labute approximate surface area is 240 Å². The van der Waals surface area contributed by atoms with Crippen molar-refractivity contribution in [1.29, 1.82) is 0 Å². The summed E-state index contributed by atoms with van der Waals surface area (Å²) < 4.78 is 48.7. The Bertz CT molecular complexity index is 1330. The summed E-state index contributed by atoms with van der Waals surface area (Å²) in [6, 6.07) is 8.33. The molecule has 1 aliphatic carbocycles. The van der Waals surface area contributed by atoms with Crippen molar-refractivity contribution >= 4 is 27.6 Å². The van der Waals surface area contributed by atoms with Gasteiger partial charge in [-0.2, -0.15) is 0 Å². The predicted octanol–water partition coefficient (Wildman–Crippen LogP) is 3.82. The van der Waals surface area contributed by atoms with Crippen molar-refractivity contribution in [2.24, 2.45) is 5.92 Å². The molecule has 3 N–H and O–H groups in total. The van der Waals surface area contributed by atoms with Gasteiger partial charge in [0, 0.05) is 25.6 Å². The SMILES string of the molecule is C[C@@H]1CN([C@@H](C)CO)C(=O)c2cccc(NS(=O)(=O)c3ccc(F)cc3)c2O[C@@H]1CN(C)C(=O)NC1CCCCC1. The Kier molecular flexibility index (Phi) is 9.75. The maximum Gasteiger partial charge on any atom is 0.317 e. The van der Waals surface area contributed by atoms with Crippen LogP contribution >= 0.6 is 0 Å². The van der Waals surface area contributed by atoms with Crippen LogP contribution in [0.2, 0.25) is 0 Å².